The summed E-state index contributed by atoms with van der Waals surface area (Å²) in [6, 6.07) is 9.38. The SMILES string of the molecule is N#CCCCCC#Cc1ccccc1C=O. The van der Waals surface area contributed by atoms with Crippen LogP contribution >= 0.6 is 0 Å². The second-order valence-electron chi connectivity index (χ2n) is 3.37. The Bertz CT molecular complexity index is 446. The van der Waals surface area contributed by atoms with E-state index in [-0.39, 0.29) is 0 Å². The quantitative estimate of drug-likeness (QED) is 0.436. The van der Waals surface area contributed by atoms with Gasteiger partial charge in [0.05, 0.1) is 6.07 Å². The van der Waals surface area contributed by atoms with Gasteiger partial charge in [0.1, 0.15) is 0 Å². The number of unbranched alkanes of at least 4 members (excludes halogenated alkanes) is 3. The highest BCUT2D eigenvalue weighted by atomic mass is 16.1. The Morgan fingerprint density at radius 3 is 2.69 bits per heavy atom. The monoisotopic (exact) mass is 211 g/mol. The van der Waals surface area contributed by atoms with E-state index in [1.807, 2.05) is 18.2 Å². The van der Waals surface area contributed by atoms with E-state index in [0.29, 0.717) is 12.0 Å². The van der Waals surface area contributed by atoms with Gasteiger partial charge in [0.2, 0.25) is 0 Å². The third kappa shape index (κ3) is 3.98. The van der Waals surface area contributed by atoms with Crippen LogP contribution in [0.3, 0.4) is 0 Å². The van der Waals surface area contributed by atoms with Crippen molar-refractivity contribution in [2.75, 3.05) is 0 Å². The van der Waals surface area contributed by atoms with E-state index in [9.17, 15) is 4.79 Å². The topological polar surface area (TPSA) is 40.9 Å². The first-order valence-corrected chi connectivity index (χ1v) is 5.28. The molecule has 0 saturated carbocycles. The minimum Gasteiger partial charge on any atom is -0.298 e. The minimum atomic E-state index is 0.590. The molecule has 0 aliphatic carbocycles. The lowest BCUT2D eigenvalue weighted by atomic mass is 10.1. The van der Waals surface area contributed by atoms with Crippen LogP contribution in [-0.4, -0.2) is 6.29 Å². The number of carbonyl (C=O) groups excluding carboxylic acids is 1. The second kappa shape index (κ2) is 7.26. The fourth-order valence-corrected chi connectivity index (χ4v) is 1.29. The molecule has 80 valence electrons. The molecular formula is C14H13NO. The fourth-order valence-electron chi connectivity index (χ4n) is 1.29. The summed E-state index contributed by atoms with van der Waals surface area (Å²) in [5.74, 6) is 5.99. The summed E-state index contributed by atoms with van der Waals surface area (Å²) in [6.45, 7) is 0. The van der Waals surface area contributed by atoms with E-state index in [2.05, 4.69) is 17.9 Å². The van der Waals surface area contributed by atoms with Gasteiger partial charge in [0, 0.05) is 24.0 Å². The van der Waals surface area contributed by atoms with Gasteiger partial charge in [0.15, 0.2) is 6.29 Å². The van der Waals surface area contributed by atoms with Crippen molar-refractivity contribution >= 4 is 6.29 Å². The molecule has 1 aromatic carbocycles. The van der Waals surface area contributed by atoms with Crippen LogP contribution in [0, 0.1) is 23.2 Å². The number of hydrogen-bond donors (Lipinski definition) is 0. The van der Waals surface area contributed by atoms with Crippen molar-refractivity contribution in [2.45, 2.75) is 25.7 Å². The Labute approximate surface area is 95.9 Å². The zero-order valence-electron chi connectivity index (χ0n) is 9.07. The van der Waals surface area contributed by atoms with Crippen molar-refractivity contribution in [3.05, 3.63) is 35.4 Å². The molecule has 0 unspecified atom stereocenters. The Hall–Kier alpha value is -2.06. The molecule has 0 heterocycles. The van der Waals surface area contributed by atoms with Gasteiger partial charge in [-0.1, -0.05) is 30.0 Å². The van der Waals surface area contributed by atoms with Crippen LogP contribution in [0.5, 0.6) is 0 Å². The molecule has 0 N–H and O–H groups in total. The third-order valence-corrected chi connectivity index (χ3v) is 2.15. The smallest absolute Gasteiger partial charge is 0.151 e. The van der Waals surface area contributed by atoms with Gasteiger partial charge in [-0.15, -0.1) is 0 Å². The number of hydrogen-bond acceptors (Lipinski definition) is 2. The van der Waals surface area contributed by atoms with E-state index in [4.69, 9.17) is 5.26 Å². The molecular weight excluding hydrogens is 198 g/mol. The van der Waals surface area contributed by atoms with Crippen molar-refractivity contribution in [3.63, 3.8) is 0 Å². The summed E-state index contributed by atoms with van der Waals surface area (Å²) in [5, 5.41) is 8.34. The average Bonchev–Trinajstić information content (AvgIpc) is 2.34. The first-order valence-electron chi connectivity index (χ1n) is 5.28. The summed E-state index contributed by atoms with van der Waals surface area (Å²) >= 11 is 0. The molecule has 2 nitrogen and oxygen atoms in total. The second-order valence-corrected chi connectivity index (χ2v) is 3.37. The predicted molar refractivity (Wildman–Crippen MR) is 62.8 cm³/mol. The van der Waals surface area contributed by atoms with Gasteiger partial charge < -0.3 is 0 Å². The highest BCUT2D eigenvalue weighted by Crippen LogP contribution is 2.04. The normalized spacial score (nSPS) is 8.69. The maximum atomic E-state index is 10.7. The van der Waals surface area contributed by atoms with Crippen molar-refractivity contribution in [1.82, 2.24) is 0 Å². The van der Waals surface area contributed by atoms with Crippen molar-refractivity contribution < 1.29 is 4.79 Å². The number of nitriles is 1. The molecule has 0 aliphatic heterocycles. The van der Waals surface area contributed by atoms with Crippen LogP contribution in [0.1, 0.15) is 41.6 Å². The molecule has 0 aromatic heterocycles. The van der Waals surface area contributed by atoms with Gasteiger partial charge in [-0.25, -0.2) is 0 Å². The largest absolute Gasteiger partial charge is 0.298 e. The Kier molecular flexibility index (Phi) is 5.45. The first kappa shape index (κ1) is 12.0. The summed E-state index contributed by atoms with van der Waals surface area (Å²) in [4.78, 5) is 10.7. The van der Waals surface area contributed by atoms with Gasteiger partial charge in [-0.05, 0) is 18.9 Å². The summed E-state index contributed by atoms with van der Waals surface area (Å²) in [5.41, 5.74) is 1.41. The molecule has 1 aromatic rings. The number of aldehydes is 1. The molecule has 0 bridgehead atoms. The van der Waals surface area contributed by atoms with E-state index in [1.54, 1.807) is 6.07 Å². The van der Waals surface area contributed by atoms with Crippen molar-refractivity contribution in [3.8, 4) is 17.9 Å². The standard InChI is InChI=1S/C14H13NO/c15-11-7-3-1-2-4-8-13-9-5-6-10-14(13)12-16/h5-6,9-10,12H,1-3,7H2. The molecule has 0 atom stereocenters. The maximum Gasteiger partial charge on any atom is 0.151 e. The van der Waals surface area contributed by atoms with Gasteiger partial charge in [0.25, 0.3) is 0 Å². The minimum absolute atomic E-state index is 0.590. The Morgan fingerprint density at radius 2 is 1.94 bits per heavy atom. The van der Waals surface area contributed by atoms with E-state index >= 15 is 0 Å². The van der Waals surface area contributed by atoms with Crippen LogP contribution < -0.4 is 0 Å². The van der Waals surface area contributed by atoms with E-state index < -0.39 is 0 Å². The zero-order valence-corrected chi connectivity index (χ0v) is 9.07. The molecule has 0 saturated heterocycles. The molecule has 0 spiro atoms. The molecule has 0 fully saturated rings. The number of carbonyl (C=O) groups is 1. The van der Waals surface area contributed by atoms with Crippen molar-refractivity contribution in [2.24, 2.45) is 0 Å². The lowest BCUT2D eigenvalue weighted by Gasteiger charge is -1.93. The summed E-state index contributed by atoms with van der Waals surface area (Å²) in [7, 11) is 0. The number of nitrogens with zero attached hydrogens (tertiary/aromatic N) is 1. The van der Waals surface area contributed by atoms with Crippen LogP contribution in [0.2, 0.25) is 0 Å². The molecule has 0 radical (unpaired) electrons. The van der Waals surface area contributed by atoms with Crippen LogP contribution in [-0.2, 0) is 0 Å². The summed E-state index contributed by atoms with van der Waals surface area (Å²) in [6.07, 6.45) is 4.01. The molecule has 0 amide bonds. The fraction of sp³-hybridized carbons (Fsp3) is 0.286. The van der Waals surface area contributed by atoms with Gasteiger partial charge in [-0.3, -0.25) is 4.79 Å². The van der Waals surface area contributed by atoms with E-state index in [1.165, 1.54) is 0 Å². The number of benzene rings is 1. The highest BCUT2D eigenvalue weighted by Gasteiger charge is 1.94. The molecule has 1 rings (SSSR count). The maximum absolute atomic E-state index is 10.7. The summed E-state index contributed by atoms with van der Waals surface area (Å²) < 4.78 is 0. The lowest BCUT2D eigenvalue weighted by molar-refractivity contribution is 0.112. The third-order valence-electron chi connectivity index (χ3n) is 2.15. The lowest BCUT2D eigenvalue weighted by Crippen LogP contribution is -1.85. The number of rotatable bonds is 4. The Morgan fingerprint density at radius 1 is 1.19 bits per heavy atom. The van der Waals surface area contributed by atoms with Gasteiger partial charge >= 0.3 is 0 Å². The average molecular weight is 211 g/mol. The van der Waals surface area contributed by atoms with Crippen molar-refractivity contribution in [1.29, 1.82) is 5.26 Å². The Balaban J connectivity index is 2.50. The first-order chi connectivity index (χ1) is 7.88. The van der Waals surface area contributed by atoms with E-state index in [0.717, 1.165) is 31.1 Å². The predicted octanol–water partition coefficient (Wildman–Crippen LogP) is 2.93. The molecule has 16 heavy (non-hydrogen) atoms. The highest BCUT2D eigenvalue weighted by molar-refractivity contribution is 5.79. The van der Waals surface area contributed by atoms with Gasteiger partial charge in [-0.2, -0.15) is 5.26 Å². The zero-order chi connectivity index (χ0) is 11.6. The molecule has 0 aliphatic rings. The van der Waals surface area contributed by atoms with Crippen LogP contribution in [0.25, 0.3) is 0 Å². The van der Waals surface area contributed by atoms with Crippen LogP contribution in [0.4, 0.5) is 0 Å². The molecule has 2 heteroatoms. The van der Waals surface area contributed by atoms with Crippen LogP contribution in [0.15, 0.2) is 24.3 Å².